The van der Waals surface area contributed by atoms with E-state index in [1.807, 2.05) is 0 Å². The van der Waals surface area contributed by atoms with Crippen molar-refractivity contribution >= 4 is 17.0 Å². The Kier molecular flexibility index (Phi) is 5.97. The van der Waals surface area contributed by atoms with Gasteiger partial charge in [0, 0.05) is 6.54 Å². The molecule has 0 spiro atoms. The lowest BCUT2D eigenvalue weighted by Gasteiger charge is -2.17. The van der Waals surface area contributed by atoms with Gasteiger partial charge in [-0.3, -0.25) is 9.30 Å². The fourth-order valence-corrected chi connectivity index (χ4v) is 2.72. The minimum absolute atomic E-state index is 0.0202. The number of halogens is 3. The highest BCUT2D eigenvalue weighted by atomic mass is 19.4. The molecule has 28 heavy (non-hydrogen) atoms. The molecule has 0 aromatic carbocycles. The average Bonchev–Trinajstić information content (AvgIpc) is 3.19. The van der Waals surface area contributed by atoms with E-state index in [-0.39, 0.29) is 23.5 Å². The van der Waals surface area contributed by atoms with Crippen LogP contribution in [0.5, 0.6) is 0 Å². The molecule has 14 heteroatoms. The van der Waals surface area contributed by atoms with Crippen molar-refractivity contribution < 1.29 is 43.1 Å². The molecule has 3 heterocycles. The van der Waals surface area contributed by atoms with Gasteiger partial charge in [0.25, 0.3) is 0 Å². The van der Waals surface area contributed by atoms with Crippen molar-refractivity contribution in [3.05, 3.63) is 12.7 Å². The number of anilines is 1. The van der Waals surface area contributed by atoms with Gasteiger partial charge < -0.3 is 30.5 Å². The highest BCUT2D eigenvalue weighted by molar-refractivity contribution is 5.82. The van der Waals surface area contributed by atoms with Crippen molar-refractivity contribution in [2.75, 3.05) is 25.1 Å². The Balaban J connectivity index is 1.80. The molecule has 1 unspecified atom stereocenters. The standard InChI is InChI=1S/C14H18F3N5O6/c15-14(16,17)27-3-7-9(25)10(26)13(28-7)22-5-21-8-11(18-1-6(24)2-23)19-4-20-12(8)22/h4-7,9-10,13,23-26H,1-3H2,(H,18,19,20)/t6?,7-,9-,10-,13-/m1/s1. The van der Waals surface area contributed by atoms with Crippen molar-refractivity contribution in [3.8, 4) is 0 Å². The van der Waals surface area contributed by atoms with Crippen LogP contribution in [0.4, 0.5) is 19.0 Å². The topological polar surface area (TPSA) is 155 Å². The molecule has 0 saturated carbocycles. The zero-order chi connectivity index (χ0) is 20.5. The number of aliphatic hydroxyl groups excluding tert-OH is 4. The summed E-state index contributed by atoms with van der Waals surface area (Å²) in [6, 6.07) is 0. The molecule has 156 valence electrons. The van der Waals surface area contributed by atoms with Crippen LogP contribution in [-0.4, -0.2) is 90.5 Å². The molecule has 1 fully saturated rings. The van der Waals surface area contributed by atoms with Crippen LogP contribution >= 0.6 is 0 Å². The maximum atomic E-state index is 12.2. The van der Waals surface area contributed by atoms with Crippen LogP contribution in [0.25, 0.3) is 11.2 Å². The quantitative estimate of drug-likeness (QED) is 0.374. The van der Waals surface area contributed by atoms with Crippen molar-refractivity contribution in [1.82, 2.24) is 19.5 Å². The summed E-state index contributed by atoms with van der Waals surface area (Å²) in [5.41, 5.74) is 0.401. The first-order valence-electron chi connectivity index (χ1n) is 8.14. The highest BCUT2D eigenvalue weighted by Gasteiger charge is 2.46. The van der Waals surface area contributed by atoms with Crippen LogP contribution in [0.1, 0.15) is 6.23 Å². The molecule has 2 aromatic heterocycles. The van der Waals surface area contributed by atoms with Gasteiger partial charge in [-0.15, -0.1) is 13.2 Å². The smallest absolute Gasteiger partial charge is 0.394 e. The number of fused-ring (bicyclic) bond motifs is 1. The third-order valence-corrected chi connectivity index (χ3v) is 4.10. The van der Waals surface area contributed by atoms with Crippen LogP contribution in [0, 0.1) is 0 Å². The lowest BCUT2D eigenvalue weighted by atomic mass is 10.1. The second-order valence-electron chi connectivity index (χ2n) is 6.07. The molecule has 1 saturated heterocycles. The largest absolute Gasteiger partial charge is 0.522 e. The van der Waals surface area contributed by atoms with E-state index in [0.717, 1.165) is 6.33 Å². The number of hydrogen-bond acceptors (Lipinski definition) is 10. The van der Waals surface area contributed by atoms with E-state index in [2.05, 4.69) is 25.0 Å². The van der Waals surface area contributed by atoms with E-state index in [1.54, 1.807) is 0 Å². The summed E-state index contributed by atoms with van der Waals surface area (Å²) in [6.07, 6.45) is -9.40. The summed E-state index contributed by atoms with van der Waals surface area (Å²) in [7, 11) is 0. The van der Waals surface area contributed by atoms with Gasteiger partial charge in [0.05, 0.1) is 25.6 Å². The summed E-state index contributed by atoms with van der Waals surface area (Å²) in [5.74, 6) is 0.223. The lowest BCUT2D eigenvalue weighted by Crippen LogP contribution is -2.35. The molecular formula is C14H18F3N5O6. The molecule has 5 N–H and O–H groups in total. The highest BCUT2D eigenvalue weighted by Crippen LogP contribution is 2.33. The fourth-order valence-electron chi connectivity index (χ4n) is 2.72. The van der Waals surface area contributed by atoms with Crippen molar-refractivity contribution in [2.45, 2.75) is 37.0 Å². The van der Waals surface area contributed by atoms with Crippen molar-refractivity contribution in [1.29, 1.82) is 0 Å². The monoisotopic (exact) mass is 409 g/mol. The van der Waals surface area contributed by atoms with Gasteiger partial charge in [-0.05, 0) is 0 Å². The predicted molar refractivity (Wildman–Crippen MR) is 84.8 cm³/mol. The molecule has 1 aliphatic heterocycles. The van der Waals surface area contributed by atoms with Crippen LogP contribution < -0.4 is 5.32 Å². The summed E-state index contributed by atoms with van der Waals surface area (Å²) in [5, 5.41) is 41.2. The van der Waals surface area contributed by atoms with Gasteiger partial charge in [-0.2, -0.15) is 0 Å². The molecule has 3 rings (SSSR count). The first kappa shape index (κ1) is 20.6. The third-order valence-electron chi connectivity index (χ3n) is 4.10. The van der Waals surface area contributed by atoms with Crippen LogP contribution in [0.3, 0.4) is 0 Å². The third kappa shape index (κ3) is 4.31. The molecular weight excluding hydrogens is 391 g/mol. The minimum Gasteiger partial charge on any atom is -0.394 e. The summed E-state index contributed by atoms with van der Waals surface area (Å²) in [6.45, 7) is -1.48. The SMILES string of the molecule is OCC(O)CNc1ncnc2c1ncn2[C@@H]1O[C@H](COC(F)(F)F)[C@@H](O)[C@H]1O. The van der Waals surface area contributed by atoms with Gasteiger partial charge in [-0.1, -0.05) is 0 Å². The van der Waals surface area contributed by atoms with Gasteiger partial charge in [0.1, 0.15) is 24.6 Å². The van der Waals surface area contributed by atoms with E-state index in [9.17, 15) is 28.5 Å². The second-order valence-corrected chi connectivity index (χ2v) is 6.07. The van der Waals surface area contributed by atoms with E-state index in [0.29, 0.717) is 0 Å². The number of nitrogens with zero attached hydrogens (tertiary/aromatic N) is 4. The van der Waals surface area contributed by atoms with E-state index in [4.69, 9.17) is 9.84 Å². The van der Waals surface area contributed by atoms with Crippen molar-refractivity contribution in [2.24, 2.45) is 0 Å². The first-order chi connectivity index (χ1) is 13.2. The number of ether oxygens (including phenoxy) is 2. The van der Waals surface area contributed by atoms with E-state index in [1.165, 1.54) is 10.9 Å². The Labute approximate surface area is 155 Å². The lowest BCUT2D eigenvalue weighted by molar-refractivity contribution is -0.333. The Morgan fingerprint density at radius 1 is 1.25 bits per heavy atom. The van der Waals surface area contributed by atoms with Crippen LogP contribution in [0.2, 0.25) is 0 Å². The maximum absolute atomic E-state index is 12.2. The Morgan fingerprint density at radius 3 is 2.68 bits per heavy atom. The zero-order valence-electron chi connectivity index (χ0n) is 14.2. The van der Waals surface area contributed by atoms with Crippen molar-refractivity contribution in [3.63, 3.8) is 0 Å². The second kappa shape index (κ2) is 8.10. The number of nitrogens with one attached hydrogen (secondary N) is 1. The number of hydrogen-bond donors (Lipinski definition) is 5. The van der Waals surface area contributed by atoms with E-state index >= 15 is 0 Å². The number of rotatable bonds is 7. The van der Waals surface area contributed by atoms with Crippen LogP contribution in [0.15, 0.2) is 12.7 Å². The minimum atomic E-state index is -4.90. The molecule has 0 radical (unpaired) electrons. The summed E-state index contributed by atoms with van der Waals surface area (Å²) < 4.78 is 46.9. The van der Waals surface area contributed by atoms with Gasteiger partial charge >= 0.3 is 6.36 Å². The molecule has 0 bridgehead atoms. The van der Waals surface area contributed by atoms with Gasteiger partial charge in [0.2, 0.25) is 0 Å². The molecule has 0 aliphatic carbocycles. The first-order valence-corrected chi connectivity index (χ1v) is 8.14. The van der Waals surface area contributed by atoms with Gasteiger partial charge in [-0.25, -0.2) is 15.0 Å². The van der Waals surface area contributed by atoms with Gasteiger partial charge in [0.15, 0.2) is 23.2 Å². The fraction of sp³-hybridized carbons (Fsp3) is 0.643. The predicted octanol–water partition coefficient (Wildman–Crippen LogP) is -1.25. The normalized spacial score (nSPS) is 26.7. The average molecular weight is 409 g/mol. The van der Waals surface area contributed by atoms with Crippen LogP contribution in [-0.2, 0) is 9.47 Å². The molecule has 0 amide bonds. The molecule has 11 nitrogen and oxygen atoms in total. The molecule has 1 aliphatic rings. The van der Waals surface area contributed by atoms with E-state index < -0.39 is 50.2 Å². The maximum Gasteiger partial charge on any atom is 0.522 e. The molecule has 5 atom stereocenters. The number of aliphatic hydroxyl groups is 4. The number of alkyl halides is 3. The Bertz CT molecular complexity index is 805. The molecule has 2 aromatic rings. The summed E-state index contributed by atoms with van der Waals surface area (Å²) >= 11 is 0. The Morgan fingerprint density at radius 2 is 2.00 bits per heavy atom. The summed E-state index contributed by atoms with van der Waals surface area (Å²) in [4.78, 5) is 12.1. The zero-order valence-corrected chi connectivity index (χ0v) is 14.2. The Hall–Kier alpha value is -2.10. The number of imidazole rings is 1. The number of aromatic nitrogens is 4.